The van der Waals surface area contributed by atoms with E-state index in [1.807, 2.05) is 60.4 Å². The lowest BCUT2D eigenvalue weighted by atomic mass is 10.2. The smallest absolute Gasteiger partial charge is 0.320 e. The van der Waals surface area contributed by atoms with Crippen LogP contribution in [-0.4, -0.2) is 53.1 Å². The number of anilines is 4. The highest BCUT2D eigenvalue weighted by Crippen LogP contribution is 2.21. The molecule has 166 valence electrons. The van der Waals surface area contributed by atoms with Gasteiger partial charge in [-0.2, -0.15) is 0 Å². The van der Waals surface area contributed by atoms with E-state index >= 15 is 0 Å². The molecule has 9 nitrogen and oxygen atoms in total. The Morgan fingerprint density at radius 3 is 2.53 bits per heavy atom. The van der Waals surface area contributed by atoms with Gasteiger partial charge in [-0.05, 0) is 55.3 Å². The maximum absolute atomic E-state index is 12.5. The van der Waals surface area contributed by atoms with Crippen LogP contribution in [0, 0.1) is 6.92 Å². The summed E-state index contributed by atoms with van der Waals surface area (Å²) in [7, 11) is 0. The molecule has 0 aliphatic carbocycles. The van der Waals surface area contributed by atoms with Gasteiger partial charge in [-0.25, -0.2) is 0 Å². The van der Waals surface area contributed by atoms with Gasteiger partial charge in [-0.15, -0.1) is 5.10 Å². The molecule has 0 unspecified atom stereocenters. The van der Waals surface area contributed by atoms with Crippen LogP contribution in [0.15, 0.2) is 52.9 Å². The third-order valence-electron chi connectivity index (χ3n) is 5.32. The van der Waals surface area contributed by atoms with E-state index in [2.05, 4.69) is 25.7 Å². The zero-order chi connectivity index (χ0) is 22.5. The van der Waals surface area contributed by atoms with Gasteiger partial charge in [0.05, 0.1) is 0 Å². The number of aromatic nitrogens is 2. The van der Waals surface area contributed by atoms with Crippen molar-refractivity contribution in [2.75, 3.05) is 41.7 Å². The highest BCUT2D eigenvalue weighted by atomic mass is 16.4. The van der Waals surface area contributed by atoms with E-state index in [1.165, 1.54) is 0 Å². The van der Waals surface area contributed by atoms with Crippen molar-refractivity contribution < 1.29 is 14.0 Å². The summed E-state index contributed by atoms with van der Waals surface area (Å²) < 4.78 is 5.44. The first-order valence-corrected chi connectivity index (χ1v) is 10.6. The Kier molecular flexibility index (Phi) is 6.34. The highest BCUT2D eigenvalue weighted by molar-refractivity contribution is 6.01. The summed E-state index contributed by atoms with van der Waals surface area (Å²) in [5, 5.41) is 13.5. The lowest BCUT2D eigenvalue weighted by Crippen LogP contribution is -2.33. The van der Waals surface area contributed by atoms with Crippen LogP contribution < -0.4 is 15.5 Å². The van der Waals surface area contributed by atoms with Crippen molar-refractivity contribution in [2.45, 2.75) is 20.3 Å². The Morgan fingerprint density at radius 1 is 0.969 bits per heavy atom. The van der Waals surface area contributed by atoms with Crippen LogP contribution >= 0.6 is 0 Å². The molecule has 32 heavy (non-hydrogen) atoms. The number of hydrogen-bond acceptors (Lipinski definition) is 7. The summed E-state index contributed by atoms with van der Waals surface area (Å²) in [4.78, 5) is 28.2. The average molecular weight is 435 g/mol. The van der Waals surface area contributed by atoms with Gasteiger partial charge in [-0.3, -0.25) is 9.59 Å². The molecule has 1 aliphatic rings. The first-order valence-electron chi connectivity index (χ1n) is 10.6. The van der Waals surface area contributed by atoms with Crippen molar-refractivity contribution in [1.29, 1.82) is 0 Å². The van der Waals surface area contributed by atoms with Gasteiger partial charge in [0.1, 0.15) is 0 Å². The second kappa shape index (κ2) is 9.51. The summed E-state index contributed by atoms with van der Waals surface area (Å²) in [5.74, 6) is -0.487. The minimum atomic E-state index is -0.477. The Labute approximate surface area is 186 Å². The number of nitrogens with one attached hydrogen (secondary N) is 2. The van der Waals surface area contributed by atoms with Gasteiger partial charge in [0.15, 0.2) is 0 Å². The predicted molar refractivity (Wildman–Crippen MR) is 122 cm³/mol. The number of hydrogen-bond donors (Lipinski definition) is 2. The molecule has 2 aromatic carbocycles. The molecule has 1 aliphatic heterocycles. The summed E-state index contributed by atoms with van der Waals surface area (Å²) in [6.07, 6.45) is 0.925. The standard InChI is InChI=1S/C23H26N6O3/c1-16-5-3-6-19(15-16)25-23-27-26-22(32-23)21(31)24-18-7-9-20(10-8-18)29-12-4-11-28(13-14-29)17(2)30/h3,5-10,15H,4,11-14H2,1-2H3,(H,24,31)(H,25,27). The van der Waals surface area contributed by atoms with Crippen molar-refractivity contribution in [1.82, 2.24) is 15.1 Å². The van der Waals surface area contributed by atoms with Crippen LogP contribution in [0.5, 0.6) is 0 Å². The molecule has 2 N–H and O–H groups in total. The van der Waals surface area contributed by atoms with Crippen LogP contribution in [0.4, 0.5) is 23.1 Å². The second-order valence-electron chi connectivity index (χ2n) is 7.75. The van der Waals surface area contributed by atoms with E-state index in [0.717, 1.165) is 43.0 Å². The SMILES string of the molecule is CC(=O)N1CCCN(c2ccc(NC(=O)c3nnc(Nc4cccc(C)c4)o3)cc2)CC1. The van der Waals surface area contributed by atoms with Gasteiger partial charge in [0, 0.05) is 50.2 Å². The normalized spacial score (nSPS) is 14.1. The van der Waals surface area contributed by atoms with E-state index in [9.17, 15) is 9.59 Å². The fourth-order valence-corrected chi connectivity index (χ4v) is 3.64. The van der Waals surface area contributed by atoms with Gasteiger partial charge < -0.3 is 24.9 Å². The number of benzene rings is 2. The lowest BCUT2D eigenvalue weighted by Gasteiger charge is -2.23. The molecule has 0 bridgehead atoms. The van der Waals surface area contributed by atoms with Gasteiger partial charge in [-0.1, -0.05) is 17.2 Å². The Hall–Kier alpha value is -3.88. The first kappa shape index (κ1) is 21.4. The fourth-order valence-electron chi connectivity index (χ4n) is 3.64. The molecule has 2 amide bonds. The molecule has 2 heterocycles. The molecule has 1 fully saturated rings. The zero-order valence-electron chi connectivity index (χ0n) is 18.2. The van der Waals surface area contributed by atoms with Crippen LogP contribution in [0.3, 0.4) is 0 Å². The lowest BCUT2D eigenvalue weighted by molar-refractivity contribution is -0.128. The largest absolute Gasteiger partial charge is 0.399 e. The summed E-state index contributed by atoms with van der Waals surface area (Å²) >= 11 is 0. The molecule has 0 radical (unpaired) electrons. The minimum absolute atomic E-state index is 0.114. The van der Waals surface area contributed by atoms with Gasteiger partial charge in [0.2, 0.25) is 5.91 Å². The van der Waals surface area contributed by atoms with Crippen LogP contribution in [0.2, 0.25) is 0 Å². The van der Waals surface area contributed by atoms with Crippen LogP contribution in [0.1, 0.15) is 29.6 Å². The number of rotatable bonds is 5. The Bertz CT molecular complexity index is 1100. The molecule has 0 atom stereocenters. The third-order valence-corrected chi connectivity index (χ3v) is 5.32. The van der Waals surface area contributed by atoms with E-state index in [-0.39, 0.29) is 17.8 Å². The molecule has 0 saturated carbocycles. The maximum atomic E-state index is 12.5. The zero-order valence-corrected chi connectivity index (χ0v) is 18.2. The van der Waals surface area contributed by atoms with Crippen molar-refractivity contribution in [3.05, 3.63) is 60.0 Å². The fraction of sp³-hybridized carbons (Fsp3) is 0.304. The number of aryl methyl sites for hydroxylation is 1. The first-order chi connectivity index (χ1) is 15.5. The quantitative estimate of drug-likeness (QED) is 0.634. The number of carbonyl (C=O) groups is 2. The van der Waals surface area contributed by atoms with E-state index < -0.39 is 5.91 Å². The number of carbonyl (C=O) groups excluding carboxylic acids is 2. The summed E-state index contributed by atoms with van der Waals surface area (Å²) in [6.45, 7) is 6.75. The molecule has 0 spiro atoms. The molecule has 1 aromatic heterocycles. The maximum Gasteiger partial charge on any atom is 0.320 e. The predicted octanol–water partition coefficient (Wildman–Crippen LogP) is 3.43. The van der Waals surface area contributed by atoms with Crippen molar-refractivity contribution >= 4 is 34.9 Å². The monoisotopic (exact) mass is 434 g/mol. The third kappa shape index (κ3) is 5.23. The Morgan fingerprint density at radius 2 is 1.78 bits per heavy atom. The summed E-state index contributed by atoms with van der Waals surface area (Å²) in [6, 6.07) is 15.4. The van der Waals surface area contributed by atoms with E-state index in [0.29, 0.717) is 12.2 Å². The Balaban J connectivity index is 1.35. The molecule has 9 heteroatoms. The second-order valence-corrected chi connectivity index (χ2v) is 7.75. The van der Waals surface area contributed by atoms with Crippen LogP contribution in [-0.2, 0) is 4.79 Å². The van der Waals surface area contributed by atoms with Crippen molar-refractivity contribution in [3.63, 3.8) is 0 Å². The molecular weight excluding hydrogens is 408 g/mol. The number of nitrogens with zero attached hydrogens (tertiary/aromatic N) is 4. The summed E-state index contributed by atoms with van der Waals surface area (Å²) in [5.41, 5.74) is 3.57. The molecular formula is C23H26N6O3. The van der Waals surface area contributed by atoms with Crippen LogP contribution in [0.25, 0.3) is 0 Å². The number of amides is 2. The molecule has 4 rings (SSSR count). The van der Waals surface area contributed by atoms with Crippen molar-refractivity contribution in [2.24, 2.45) is 0 Å². The van der Waals surface area contributed by atoms with E-state index in [1.54, 1.807) is 6.92 Å². The molecule has 3 aromatic rings. The minimum Gasteiger partial charge on any atom is -0.399 e. The van der Waals surface area contributed by atoms with Gasteiger partial charge in [0.25, 0.3) is 0 Å². The average Bonchev–Trinajstić information content (AvgIpc) is 3.09. The topological polar surface area (TPSA) is 104 Å². The van der Waals surface area contributed by atoms with Gasteiger partial charge >= 0.3 is 17.8 Å². The van der Waals surface area contributed by atoms with E-state index in [4.69, 9.17) is 4.42 Å². The van der Waals surface area contributed by atoms with Crippen molar-refractivity contribution in [3.8, 4) is 0 Å². The highest BCUT2D eigenvalue weighted by Gasteiger charge is 2.18. The molecule has 1 saturated heterocycles.